The summed E-state index contributed by atoms with van der Waals surface area (Å²) < 4.78 is 5.31. The highest BCUT2D eigenvalue weighted by Crippen LogP contribution is 2.24. The zero-order chi connectivity index (χ0) is 12.4. The zero-order valence-electron chi connectivity index (χ0n) is 11.0. The molecular weight excluding hydrogens is 224 g/mol. The standard InChI is InChI=1S/C15H22N2O/c1-18-14-7-13(8-14)17-10-12-4-2-3-11-9-16-6-5-15(11)12/h2-4,13-14,16-17H,5-10H2,1H3. The van der Waals surface area contributed by atoms with Gasteiger partial charge in [-0.1, -0.05) is 18.2 Å². The molecule has 3 nitrogen and oxygen atoms in total. The molecule has 1 aromatic rings. The van der Waals surface area contributed by atoms with Crippen LogP contribution in [0, 0.1) is 0 Å². The van der Waals surface area contributed by atoms with Crippen LogP contribution in [0.25, 0.3) is 0 Å². The second-order valence-corrected chi connectivity index (χ2v) is 5.39. The monoisotopic (exact) mass is 246 g/mol. The molecule has 0 radical (unpaired) electrons. The van der Waals surface area contributed by atoms with Gasteiger partial charge in [-0.15, -0.1) is 0 Å². The third-order valence-electron chi connectivity index (χ3n) is 4.25. The largest absolute Gasteiger partial charge is 0.381 e. The summed E-state index contributed by atoms with van der Waals surface area (Å²) in [7, 11) is 1.81. The van der Waals surface area contributed by atoms with Crippen LogP contribution >= 0.6 is 0 Å². The van der Waals surface area contributed by atoms with Crippen molar-refractivity contribution < 1.29 is 4.74 Å². The Morgan fingerprint density at radius 1 is 1.39 bits per heavy atom. The van der Waals surface area contributed by atoms with Crippen LogP contribution in [0.4, 0.5) is 0 Å². The molecule has 3 heteroatoms. The minimum atomic E-state index is 0.483. The lowest BCUT2D eigenvalue weighted by atomic mass is 9.88. The van der Waals surface area contributed by atoms with Crippen molar-refractivity contribution in [1.29, 1.82) is 0 Å². The van der Waals surface area contributed by atoms with Crippen LogP contribution in [0.3, 0.4) is 0 Å². The fraction of sp³-hybridized carbons (Fsp3) is 0.600. The van der Waals surface area contributed by atoms with Gasteiger partial charge in [0.05, 0.1) is 6.10 Å². The van der Waals surface area contributed by atoms with Crippen LogP contribution in [0.1, 0.15) is 29.5 Å². The lowest BCUT2D eigenvalue weighted by Crippen LogP contribution is -2.44. The third-order valence-corrected chi connectivity index (χ3v) is 4.25. The molecule has 0 atom stereocenters. The van der Waals surface area contributed by atoms with E-state index in [4.69, 9.17) is 4.74 Å². The first-order chi connectivity index (χ1) is 8.86. The van der Waals surface area contributed by atoms with Gasteiger partial charge in [0, 0.05) is 26.2 Å². The van der Waals surface area contributed by atoms with Gasteiger partial charge in [0.2, 0.25) is 0 Å². The van der Waals surface area contributed by atoms with Crippen molar-refractivity contribution in [3.63, 3.8) is 0 Å². The first-order valence-electron chi connectivity index (χ1n) is 6.93. The van der Waals surface area contributed by atoms with Gasteiger partial charge in [0.25, 0.3) is 0 Å². The summed E-state index contributed by atoms with van der Waals surface area (Å²) in [5, 5.41) is 7.08. The van der Waals surface area contributed by atoms with E-state index >= 15 is 0 Å². The first kappa shape index (κ1) is 12.2. The number of hydrogen-bond acceptors (Lipinski definition) is 3. The molecular formula is C15H22N2O. The van der Waals surface area contributed by atoms with Crippen molar-refractivity contribution in [1.82, 2.24) is 10.6 Å². The minimum absolute atomic E-state index is 0.483. The summed E-state index contributed by atoms with van der Waals surface area (Å²) in [5.41, 5.74) is 4.52. The lowest BCUT2D eigenvalue weighted by Gasteiger charge is -2.35. The summed E-state index contributed by atoms with van der Waals surface area (Å²) in [5.74, 6) is 0. The molecule has 1 aliphatic heterocycles. The molecule has 2 N–H and O–H groups in total. The molecule has 1 aromatic carbocycles. The van der Waals surface area contributed by atoms with Gasteiger partial charge >= 0.3 is 0 Å². The zero-order valence-corrected chi connectivity index (χ0v) is 11.0. The van der Waals surface area contributed by atoms with Gasteiger partial charge < -0.3 is 15.4 Å². The summed E-state index contributed by atoms with van der Waals surface area (Å²) in [6.07, 6.45) is 3.97. The number of methoxy groups -OCH3 is 1. The SMILES string of the molecule is COC1CC(NCc2cccc3c2CCNC3)C1. The summed E-state index contributed by atoms with van der Waals surface area (Å²) in [4.78, 5) is 0. The van der Waals surface area contributed by atoms with Gasteiger partial charge in [0.1, 0.15) is 0 Å². The normalized spacial score (nSPS) is 26.5. The maximum absolute atomic E-state index is 5.31. The van der Waals surface area contributed by atoms with E-state index in [1.165, 1.54) is 17.5 Å². The molecule has 3 rings (SSSR count). The molecule has 0 bridgehead atoms. The number of rotatable bonds is 4. The minimum Gasteiger partial charge on any atom is -0.381 e. The molecule has 0 unspecified atom stereocenters. The van der Waals surface area contributed by atoms with E-state index in [1.807, 2.05) is 7.11 Å². The second kappa shape index (κ2) is 5.39. The predicted octanol–water partition coefficient (Wildman–Crippen LogP) is 1.60. The van der Waals surface area contributed by atoms with E-state index in [2.05, 4.69) is 28.8 Å². The molecule has 0 saturated heterocycles. The van der Waals surface area contributed by atoms with Gasteiger partial charge in [-0.05, 0) is 42.5 Å². The van der Waals surface area contributed by atoms with Crippen molar-refractivity contribution >= 4 is 0 Å². The van der Waals surface area contributed by atoms with Crippen LogP contribution in [-0.4, -0.2) is 25.8 Å². The first-order valence-corrected chi connectivity index (χ1v) is 6.93. The Balaban J connectivity index is 1.59. The van der Waals surface area contributed by atoms with Crippen molar-refractivity contribution in [2.24, 2.45) is 0 Å². The number of benzene rings is 1. The van der Waals surface area contributed by atoms with Gasteiger partial charge in [-0.3, -0.25) is 0 Å². The van der Waals surface area contributed by atoms with Crippen molar-refractivity contribution in [2.75, 3.05) is 13.7 Å². The maximum Gasteiger partial charge on any atom is 0.0601 e. The molecule has 0 amide bonds. The Bertz CT molecular complexity index is 413. The molecule has 1 saturated carbocycles. The average molecular weight is 246 g/mol. The Kier molecular flexibility index (Phi) is 3.64. The van der Waals surface area contributed by atoms with Crippen LogP contribution in [0.5, 0.6) is 0 Å². The summed E-state index contributed by atoms with van der Waals surface area (Å²) in [6, 6.07) is 7.34. The summed E-state index contributed by atoms with van der Waals surface area (Å²) >= 11 is 0. The second-order valence-electron chi connectivity index (χ2n) is 5.39. The third kappa shape index (κ3) is 2.44. The molecule has 18 heavy (non-hydrogen) atoms. The maximum atomic E-state index is 5.31. The van der Waals surface area contributed by atoms with Gasteiger partial charge in [-0.2, -0.15) is 0 Å². The molecule has 0 aromatic heterocycles. The Morgan fingerprint density at radius 3 is 3.11 bits per heavy atom. The number of hydrogen-bond donors (Lipinski definition) is 2. The topological polar surface area (TPSA) is 33.3 Å². The van der Waals surface area contributed by atoms with E-state index < -0.39 is 0 Å². The highest BCUT2D eigenvalue weighted by atomic mass is 16.5. The fourth-order valence-corrected chi connectivity index (χ4v) is 2.96. The van der Waals surface area contributed by atoms with E-state index in [0.717, 1.165) is 32.5 Å². The van der Waals surface area contributed by atoms with Crippen LogP contribution in [0.15, 0.2) is 18.2 Å². The Hall–Kier alpha value is -0.900. The number of nitrogens with one attached hydrogen (secondary N) is 2. The van der Waals surface area contributed by atoms with Crippen LogP contribution in [-0.2, 0) is 24.2 Å². The Labute approximate surface area is 109 Å². The molecule has 1 fully saturated rings. The van der Waals surface area contributed by atoms with E-state index in [0.29, 0.717) is 12.1 Å². The van der Waals surface area contributed by atoms with Crippen LogP contribution in [0.2, 0.25) is 0 Å². The average Bonchev–Trinajstić information content (AvgIpc) is 2.37. The lowest BCUT2D eigenvalue weighted by molar-refractivity contribution is 0.0170. The van der Waals surface area contributed by atoms with E-state index in [1.54, 1.807) is 5.56 Å². The number of ether oxygens (including phenoxy) is 1. The molecule has 0 spiro atoms. The van der Waals surface area contributed by atoms with E-state index in [9.17, 15) is 0 Å². The fourth-order valence-electron chi connectivity index (χ4n) is 2.96. The van der Waals surface area contributed by atoms with Gasteiger partial charge in [0.15, 0.2) is 0 Å². The smallest absolute Gasteiger partial charge is 0.0601 e. The summed E-state index contributed by atoms with van der Waals surface area (Å²) in [6.45, 7) is 3.14. The van der Waals surface area contributed by atoms with Crippen LogP contribution < -0.4 is 10.6 Å². The highest BCUT2D eigenvalue weighted by Gasteiger charge is 2.28. The van der Waals surface area contributed by atoms with Gasteiger partial charge in [-0.25, -0.2) is 0 Å². The molecule has 1 heterocycles. The molecule has 1 aliphatic carbocycles. The van der Waals surface area contributed by atoms with Crippen molar-refractivity contribution in [2.45, 2.75) is 44.5 Å². The highest BCUT2D eigenvalue weighted by molar-refractivity contribution is 5.37. The molecule has 2 aliphatic rings. The Morgan fingerprint density at radius 2 is 2.28 bits per heavy atom. The van der Waals surface area contributed by atoms with E-state index in [-0.39, 0.29) is 0 Å². The predicted molar refractivity (Wildman–Crippen MR) is 72.5 cm³/mol. The van der Waals surface area contributed by atoms with Crippen molar-refractivity contribution in [3.05, 3.63) is 34.9 Å². The quantitative estimate of drug-likeness (QED) is 0.846. The number of fused-ring (bicyclic) bond motifs is 1. The molecule has 98 valence electrons. The van der Waals surface area contributed by atoms with Crippen molar-refractivity contribution in [3.8, 4) is 0 Å².